The number of aryl methyl sites for hydroxylation is 1. The lowest BCUT2D eigenvalue weighted by Crippen LogP contribution is -2.17. The first-order valence-corrected chi connectivity index (χ1v) is 7.35. The number of benzene rings is 1. The smallest absolute Gasteiger partial charge is 0.231 e. The summed E-state index contributed by atoms with van der Waals surface area (Å²) in [5.74, 6) is 1.59. The van der Waals surface area contributed by atoms with Gasteiger partial charge in [0.15, 0.2) is 11.5 Å². The Morgan fingerprint density at radius 1 is 1.43 bits per heavy atom. The summed E-state index contributed by atoms with van der Waals surface area (Å²) in [7, 11) is 0. The highest BCUT2D eigenvalue weighted by Gasteiger charge is 2.22. The molecule has 0 radical (unpaired) electrons. The maximum atomic E-state index is 5.61. The van der Waals surface area contributed by atoms with Crippen LogP contribution in [-0.4, -0.2) is 24.4 Å². The lowest BCUT2D eigenvalue weighted by atomic mass is 10.1. The van der Waals surface area contributed by atoms with Gasteiger partial charge in [-0.05, 0) is 44.9 Å². The Kier molecular flexibility index (Phi) is 3.84. The van der Waals surface area contributed by atoms with Crippen molar-refractivity contribution in [2.45, 2.75) is 32.7 Å². The molecule has 1 atom stereocenters. The van der Waals surface area contributed by atoms with Gasteiger partial charge >= 0.3 is 0 Å². The Balaban J connectivity index is 2.03. The monoisotopic (exact) mass is 287 g/mol. The van der Waals surface area contributed by atoms with Gasteiger partial charge in [-0.2, -0.15) is 0 Å². The number of nitrogens with zero attached hydrogens (tertiary/aromatic N) is 1. The molecule has 3 N–H and O–H groups in total. The second kappa shape index (κ2) is 5.77. The molecule has 1 aliphatic heterocycles. The maximum absolute atomic E-state index is 5.61. The number of ether oxygens (including phenoxy) is 2. The van der Waals surface area contributed by atoms with Crippen LogP contribution >= 0.6 is 0 Å². The first-order valence-electron chi connectivity index (χ1n) is 7.35. The molecule has 0 spiro atoms. The van der Waals surface area contributed by atoms with Crippen molar-refractivity contribution in [3.05, 3.63) is 23.9 Å². The molecule has 0 bridgehead atoms. The SMILES string of the molecule is Cc1ccnc2c(NC(C)CCCN)cc3c(c12)OCO3. The Morgan fingerprint density at radius 2 is 2.29 bits per heavy atom. The van der Waals surface area contributed by atoms with Gasteiger partial charge in [0.25, 0.3) is 0 Å². The predicted octanol–water partition coefficient (Wildman–Crippen LogP) is 2.81. The zero-order valence-corrected chi connectivity index (χ0v) is 12.5. The maximum Gasteiger partial charge on any atom is 0.231 e. The molecule has 5 heteroatoms. The van der Waals surface area contributed by atoms with Crippen molar-refractivity contribution in [3.8, 4) is 11.5 Å². The van der Waals surface area contributed by atoms with E-state index >= 15 is 0 Å². The molecule has 21 heavy (non-hydrogen) atoms. The van der Waals surface area contributed by atoms with E-state index in [2.05, 4.69) is 24.1 Å². The second-order valence-corrected chi connectivity index (χ2v) is 5.49. The van der Waals surface area contributed by atoms with E-state index in [4.69, 9.17) is 15.2 Å². The standard InChI is InChI=1S/C16H21N3O2/c1-10-5-7-18-15-12(19-11(2)4-3-6-17)8-13-16(14(10)15)21-9-20-13/h5,7-8,11,19H,3-4,6,9,17H2,1-2H3. The topological polar surface area (TPSA) is 69.4 Å². The van der Waals surface area contributed by atoms with Crippen LogP contribution in [0.15, 0.2) is 18.3 Å². The lowest BCUT2D eigenvalue weighted by molar-refractivity contribution is 0.175. The molecular weight excluding hydrogens is 266 g/mol. The molecule has 0 aliphatic carbocycles. The van der Waals surface area contributed by atoms with E-state index in [1.165, 1.54) is 0 Å². The number of hydrogen-bond donors (Lipinski definition) is 2. The average Bonchev–Trinajstić information content (AvgIpc) is 2.93. The summed E-state index contributed by atoms with van der Waals surface area (Å²) < 4.78 is 11.2. The van der Waals surface area contributed by atoms with Crippen molar-refractivity contribution in [3.63, 3.8) is 0 Å². The van der Waals surface area contributed by atoms with Crippen molar-refractivity contribution < 1.29 is 9.47 Å². The summed E-state index contributed by atoms with van der Waals surface area (Å²) in [6.07, 6.45) is 3.86. The first kappa shape index (κ1) is 13.9. The zero-order chi connectivity index (χ0) is 14.8. The van der Waals surface area contributed by atoms with Crippen LogP contribution in [0.3, 0.4) is 0 Å². The highest BCUT2D eigenvalue weighted by Crippen LogP contribution is 2.43. The van der Waals surface area contributed by atoms with Gasteiger partial charge in [-0.1, -0.05) is 0 Å². The highest BCUT2D eigenvalue weighted by atomic mass is 16.7. The first-order chi connectivity index (χ1) is 10.2. The minimum Gasteiger partial charge on any atom is -0.453 e. The molecule has 112 valence electrons. The average molecular weight is 287 g/mol. The number of anilines is 1. The number of fused-ring (bicyclic) bond motifs is 3. The highest BCUT2D eigenvalue weighted by molar-refractivity contribution is 5.99. The van der Waals surface area contributed by atoms with E-state index in [0.29, 0.717) is 12.6 Å². The molecule has 0 saturated heterocycles. The van der Waals surface area contributed by atoms with Crippen LogP contribution in [0.5, 0.6) is 11.5 Å². The molecule has 0 fully saturated rings. The number of nitrogens with two attached hydrogens (primary N) is 1. The summed E-state index contributed by atoms with van der Waals surface area (Å²) in [6, 6.07) is 4.31. The zero-order valence-electron chi connectivity index (χ0n) is 12.5. The van der Waals surface area contributed by atoms with Crippen LogP contribution in [0.1, 0.15) is 25.3 Å². The van der Waals surface area contributed by atoms with Crippen LogP contribution in [0.25, 0.3) is 10.9 Å². The Morgan fingerprint density at radius 3 is 3.10 bits per heavy atom. The summed E-state index contributed by atoms with van der Waals surface area (Å²) in [6.45, 7) is 5.20. The molecule has 1 unspecified atom stereocenters. The van der Waals surface area contributed by atoms with Gasteiger partial charge < -0.3 is 20.5 Å². The summed E-state index contributed by atoms with van der Waals surface area (Å²) >= 11 is 0. The third-order valence-electron chi connectivity index (χ3n) is 3.80. The number of hydrogen-bond acceptors (Lipinski definition) is 5. The molecule has 0 saturated carbocycles. The van der Waals surface area contributed by atoms with Crippen LogP contribution in [0.2, 0.25) is 0 Å². The fourth-order valence-electron chi connectivity index (χ4n) is 2.71. The Labute approximate surface area is 124 Å². The molecule has 3 rings (SSSR count). The molecule has 0 amide bonds. The molecule has 2 aromatic rings. The van der Waals surface area contributed by atoms with Crippen molar-refractivity contribution >= 4 is 16.6 Å². The third-order valence-corrected chi connectivity index (χ3v) is 3.80. The number of pyridine rings is 1. The predicted molar refractivity (Wildman–Crippen MR) is 84.0 cm³/mol. The van der Waals surface area contributed by atoms with Crippen molar-refractivity contribution in [2.75, 3.05) is 18.7 Å². The summed E-state index contributed by atoms with van der Waals surface area (Å²) in [4.78, 5) is 4.53. The summed E-state index contributed by atoms with van der Waals surface area (Å²) in [5.41, 5.74) is 8.63. The normalized spacial score (nSPS) is 14.4. The van der Waals surface area contributed by atoms with Gasteiger partial charge in [0.1, 0.15) is 0 Å². The van der Waals surface area contributed by atoms with Gasteiger partial charge in [0, 0.05) is 18.3 Å². The number of rotatable bonds is 5. The molecule has 1 aromatic carbocycles. The molecule has 1 aliphatic rings. The molecule has 1 aromatic heterocycles. The Bertz CT molecular complexity index is 658. The van der Waals surface area contributed by atoms with E-state index in [1.54, 1.807) is 0 Å². The number of aromatic nitrogens is 1. The van der Waals surface area contributed by atoms with Crippen LogP contribution < -0.4 is 20.5 Å². The molecule has 2 heterocycles. The van der Waals surface area contributed by atoms with E-state index < -0.39 is 0 Å². The van der Waals surface area contributed by atoms with Crippen LogP contribution in [-0.2, 0) is 0 Å². The third kappa shape index (κ3) is 2.61. The van der Waals surface area contributed by atoms with Gasteiger partial charge in [-0.15, -0.1) is 0 Å². The van der Waals surface area contributed by atoms with E-state index in [-0.39, 0.29) is 6.79 Å². The second-order valence-electron chi connectivity index (χ2n) is 5.49. The Hall–Kier alpha value is -2.01. The minimum absolute atomic E-state index is 0.269. The van der Waals surface area contributed by atoms with Crippen LogP contribution in [0, 0.1) is 6.92 Å². The van der Waals surface area contributed by atoms with Crippen molar-refractivity contribution in [1.29, 1.82) is 0 Å². The largest absolute Gasteiger partial charge is 0.453 e. The van der Waals surface area contributed by atoms with Gasteiger partial charge in [0.2, 0.25) is 6.79 Å². The van der Waals surface area contributed by atoms with E-state index in [1.807, 2.05) is 18.3 Å². The molecular formula is C16H21N3O2. The van der Waals surface area contributed by atoms with Crippen LogP contribution in [0.4, 0.5) is 5.69 Å². The molecule has 5 nitrogen and oxygen atoms in total. The lowest BCUT2D eigenvalue weighted by Gasteiger charge is -2.17. The van der Waals surface area contributed by atoms with Crippen molar-refractivity contribution in [1.82, 2.24) is 4.98 Å². The van der Waals surface area contributed by atoms with Gasteiger partial charge in [-0.25, -0.2) is 0 Å². The minimum atomic E-state index is 0.269. The van der Waals surface area contributed by atoms with Crippen molar-refractivity contribution in [2.24, 2.45) is 5.73 Å². The number of nitrogens with one attached hydrogen (secondary N) is 1. The van der Waals surface area contributed by atoms with E-state index in [9.17, 15) is 0 Å². The summed E-state index contributed by atoms with van der Waals surface area (Å²) in [5, 5.41) is 4.55. The van der Waals surface area contributed by atoms with Gasteiger partial charge in [-0.3, -0.25) is 4.98 Å². The van der Waals surface area contributed by atoms with E-state index in [0.717, 1.165) is 46.5 Å². The fourth-order valence-corrected chi connectivity index (χ4v) is 2.71. The fraction of sp³-hybridized carbons (Fsp3) is 0.438. The van der Waals surface area contributed by atoms with Gasteiger partial charge in [0.05, 0.1) is 16.6 Å². The quantitative estimate of drug-likeness (QED) is 0.885.